The molecule has 0 amide bonds. The van der Waals surface area contributed by atoms with Gasteiger partial charge in [-0.05, 0) is 18.9 Å². The van der Waals surface area contributed by atoms with Gasteiger partial charge in [-0.25, -0.2) is 4.98 Å². The molecular weight excluding hydrogens is 279 g/mol. The van der Waals surface area contributed by atoms with Gasteiger partial charge in [0.1, 0.15) is 5.15 Å². The molecule has 2 aromatic rings. The smallest absolute Gasteiger partial charge is 0.267 e. The van der Waals surface area contributed by atoms with Gasteiger partial charge in [-0.3, -0.25) is 4.68 Å². The molecule has 0 aliphatic heterocycles. The average molecular weight is 290 g/mol. The third-order valence-electron chi connectivity index (χ3n) is 3.48. The predicted octanol–water partition coefficient (Wildman–Crippen LogP) is 4.22. The lowest BCUT2D eigenvalue weighted by Gasteiger charge is -2.08. The Bertz CT molecular complexity index is 614. The minimum absolute atomic E-state index is 0.0174. The molecule has 0 N–H and O–H groups in total. The largest absolute Gasteiger partial charge is 0.417 e. The highest BCUT2D eigenvalue weighted by Crippen LogP contribution is 2.37. The van der Waals surface area contributed by atoms with Gasteiger partial charge in [0.05, 0.1) is 17.0 Å². The highest BCUT2D eigenvalue weighted by molar-refractivity contribution is 6.29. The molecule has 102 valence electrons. The van der Waals surface area contributed by atoms with Gasteiger partial charge >= 0.3 is 6.18 Å². The molecule has 0 bridgehead atoms. The summed E-state index contributed by atoms with van der Waals surface area (Å²) in [7, 11) is 0. The van der Waals surface area contributed by atoms with Crippen LogP contribution in [0.5, 0.6) is 0 Å². The second-order valence-corrected chi connectivity index (χ2v) is 5.16. The van der Waals surface area contributed by atoms with Crippen molar-refractivity contribution in [1.29, 1.82) is 0 Å². The molecule has 2 aromatic heterocycles. The molecule has 1 aliphatic rings. The maximum atomic E-state index is 13.0. The summed E-state index contributed by atoms with van der Waals surface area (Å²) in [6.07, 6.45) is 1.06. The monoisotopic (exact) mass is 289 g/mol. The van der Waals surface area contributed by atoms with E-state index in [1.807, 2.05) is 0 Å². The third-order valence-corrected chi connectivity index (χ3v) is 3.68. The molecule has 19 heavy (non-hydrogen) atoms. The van der Waals surface area contributed by atoms with E-state index in [-0.39, 0.29) is 22.2 Å². The van der Waals surface area contributed by atoms with Crippen LogP contribution >= 0.6 is 11.6 Å². The van der Waals surface area contributed by atoms with Gasteiger partial charge < -0.3 is 0 Å². The molecule has 2 heterocycles. The fraction of sp³-hybridized carbons (Fsp3) is 0.500. The number of hydrogen-bond donors (Lipinski definition) is 0. The minimum atomic E-state index is -4.45. The van der Waals surface area contributed by atoms with Crippen molar-refractivity contribution >= 4 is 22.6 Å². The molecule has 3 rings (SSSR count). The lowest BCUT2D eigenvalue weighted by Crippen LogP contribution is -2.06. The van der Waals surface area contributed by atoms with Gasteiger partial charge in [-0.1, -0.05) is 24.4 Å². The first kappa shape index (κ1) is 12.7. The first-order chi connectivity index (χ1) is 8.95. The molecule has 1 saturated carbocycles. The predicted molar refractivity (Wildman–Crippen MR) is 65.0 cm³/mol. The summed E-state index contributed by atoms with van der Waals surface area (Å²) in [4.78, 5) is 3.88. The zero-order valence-corrected chi connectivity index (χ0v) is 10.7. The fourth-order valence-electron chi connectivity index (χ4n) is 2.58. The zero-order chi connectivity index (χ0) is 13.6. The summed E-state index contributed by atoms with van der Waals surface area (Å²) < 4.78 is 40.5. The summed E-state index contributed by atoms with van der Waals surface area (Å²) >= 11 is 5.64. The van der Waals surface area contributed by atoms with E-state index in [1.54, 1.807) is 4.68 Å². The zero-order valence-electron chi connectivity index (χ0n) is 9.91. The molecule has 0 aromatic carbocycles. The van der Waals surface area contributed by atoms with E-state index >= 15 is 0 Å². The van der Waals surface area contributed by atoms with Crippen molar-refractivity contribution in [3.05, 3.63) is 23.0 Å². The first-order valence-electron chi connectivity index (χ1n) is 6.08. The van der Waals surface area contributed by atoms with Crippen molar-refractivity contribution in [2.45, 2.75) is 37.9 Å². The highest BCUT2D eigenvalue weighted by Gasteiger charge is 2.34. The van der Waals surface area contributed by atoms with Crippen LogP contribution in [0.2, 0.25) is 5.15 Å². The molecule has 1 aliphatic carbocycles. The lowest BCUT2D eigenvalue weighted by atomic mass is 10.2. The second kappa shape index (κ2) is 4.37. The van der Waals surface area contributed by atoms with E-state index in [9.17, 15) is 13.2 Å². The van der Waals surface area contributed by atoms with Crippen molar-refractivity contribution in [1.82, 2.24) is 14.8 Å². The number of aromatic nitrogens is 3. The normalized spacial score (nSPS) is 17.5. The van der Waals surface area contributed by atoms with Crippen LogP contribution in [0.25, 0.3) is 11.0 Å². The Balaban J connectivity index is 2.16. The van der Waals surface area contributed by atoms with Crippen molar-refractivity contribution in [2.24, 2.45) is 0 Å². The van der Waals surface area contributed by atoms with Gasteiger partial charge in [-0.2, -0.15) is 18.3 Å². The van der Waals surface area contributed by atoms with Gasteiger partial charge in [0, 0.05) is 6.20 Å². The van der Waals surface area contributed by atoms with Crippen LogP contribution in [0.3, 0.4) is 0 Å². The molecule has 0 saturated heterocycles. The molecule has 1 fully saturated rings. The van der Waals surface area contributed by atoms with Gasteiger partial charge in [0.25, 0.3) is 0 Å². The number of halogens is 4. The number of hydrogen-bond acceptors (Lipinski definition) is 2. The van der Waals surface area contributed by atoms with E-state index in [1.165, 1.54) is 6.20 Å². The van der Waals surface area contributed by atoms with Crippen LogP contribution in [-0.4, -0.2) is 14.8 Å². The Morgan fingerprint density at radius 2 is 1.95 bits per heavy atom. The van der Waals surface area contributed by atoms with E-state index in [2.05, 4.69) is 10.1 Å². The standard InChI is InChI=1S/C12H11ClF3N3/c13-10-5-9(12(14,15)16)8-6-19(18-11(8)17-10)7-3-1-2-4-7/h5-7H,1-4H2. The third kappa shape index (κ3) is 2.29. The van der Waals surface area contributed by atoms with E-state index < -0.39 is 11.7 Å². The molecule has 3 nitrogen and oxygen atoms in total. The summed E-state index contributed by atoms with van der Waals surface area (Å²) in [5, 5.41) is 3.98. The summed E-state index contributed by atoms with van der Waals surface area (Å²) in [5.41, 5.74) is -0.710. The van der Waals surface area contributed by atoms with Crippen LogP contribution < -0.4 is 0 Å². The average Bonchev–Trinajstić information content (AvgIpc) is 2.93. The molecule has 0 atom stereocenters. The quantitative estimate of drug-likeness (QED) is 0.736. The van der Waals surface area contributed by atoms with Crippen LogP contribution in [0.4, 0.5) is 13.2 Å². The Morgan fingerprint density at radius 3 is 2.58 bits per heavy atom. The number of fused-ring (bicyclic) bond motifs is 1. The maximum Gasteiger partial charge on any atom is 0.417 e. The SMILES string of the molecule is FC(F)(F)c1cc(Cl)nc2nn(C3CCCC3)cc12. The Labute approximate surface area is 112 Å². The van der Waals surface area contributed by atoms with Crippen molar-refractivity contribution in [3.8, 4) is 0 Å². The number of pyridine rings is 1. The van der Waals surface area contributed by atoms with Gasteiger partial charge in [-0.15, -0.1) is 0 Å². The molecule has 0 spiro atoms. The summed E-state index contributed by atoms with van der Waals surface area (Å²) in [6, 6.07) is 1.03. The Morgan fingerprint density at radius 1 is 1.26 bits per heavy atom. The van der Waals surface area contributed by atoms with Crippen molar-refractivity contribution in [3.63, 3.8) is 0 Å². The van der Waals surface area contributed by atoms with Crippen LogP contribution in [0.1, 0.15) is 37.3 Å². The number of nitrogens with zero attached hydrogens (tertiary/aromatic N) is 3. The molecule has 0 unspecified atom stereocenters. The topological polar surface area (TPSA) is 30.7 Å². The molecule has 0 radical (unpaired) electrons. The Hall–Kier alpha value is -1.30. The van der Waals surface area contributed by atoms with Crippen LogP contribution in [-0.2, 0) is 6.18 Å². The van der Waals surface area contributed by atoms with Crippen molar-refractivity contribution in [2.75, 3.05) is 0 Å². The van der Waals surface area contributed by atoms with Crippen molar-refractivity contribution < 1.29 is 13.2 Å². The first-order valence-corrected chi connectivity index (χ1v) is 6.45. The molecule has 7 heteroatoms. The van der Waals surface area contributed by atoms with E-state index in [0.29, 0.717) is 0 Å². The maximum absolute atomic E-state index is 13.0. The number of alkyl halides is 3. The van der Waals surface area contributed by atoms with E-state index in [0.717, 1.165) is 31.7 Å². The Kier molecular flexibility index (Phi) is 2.92. The number of rotatable bonds is 1. The lowest BCUT2D eigenvalue weighted by molar-refractivity contribution is -0.136. The highest BCUT2D eigenvalue weighted by atomic mass is 35.5. The van der Waals surface area contributed by atoms with Gasteiger partial charge in [0.2, 0.25) is 0 Å². The van der Waals surface area contributed by atoms with E-state index in [4.69, 9.17) is 11.6 Å². The summed E-state index contributed by atoms with van der Waals surface area (Å²) in [6.45, 7) is 0. The molecular formula is C12H11ClF3N3. The van der Waals surface area contributed by atoms with Gasteiger partial charge in [0.15, 0.2) is 5.65 Å². The second-order valence-electron chi connectivity index (χ2n) is 4.77. The fourth-order valence-corrected chi connectivity index (χ4v) is 2.76. The van der Waals surface area contributed by atoms with Crippen LogP contribution in [0.15, 0.2) is 12.3 Å². The van der Waals surface area contributed by atoms with Crippen LogP contribution in [0, 0.1) is 0 Å². The summed E-state index contributed by atoms with van der Waals surface area (Å²) in [5.74, 6) is 0. The minimum Gasteiger partial charge on any atom is -0.267 e.